The second kappa shape index (κ2) is 7.08. The molecule has 0 spiro atoms. The van der Waals surface area contributed by atoms with Crippen LogP contribution in [-0.2, 0) is 4.79 Å². The van der Waals surface area contributed by atoms with Gasteiger partial charge in [-0.05, 0) is 54.9 Å². The summed E-state index contributed by atoms with van der Waals surface area (Å²) in [5.41, 5.74) is 4.21. The van der Waals surface area contributed by atoms with E-state index in [2.05, 4.69) is 17.2 Å². The summed E-state index contributed by atoms with van der Waals surface area (Å²) in [4.78, 5) is 30.1. The minimum atomic E-state index is -0.251. The first kappa shape index (κ1) is 17.0. The van der Waals surface area contributed by atoms with E-state index in [-0.39, 0.29) is 17.7 Å². The molecule has 3 aliphatic rings. The molecule has 2 aliphatic carbocycles. The third kappa shape index (κ3) is 3.07. The highest BCUT2D eigenvalue weighted by molar-refractivity contribution is 7.99. The maximum absolute atomic E-state index is 12.7. The number of nitrogens with one attached hydrogen (secondary N) is 1. The second-order valence-electron chi connectivity index (χ2n) is 6.52. The molecule has 0 fully saturated rings. The van der Waals surface area contributed by atoms with E-state index >= 15 is 0 Å². The molecule has 1 heterocycles. The highest BCUT2D eigenvalue weighted by atomic mass is 32.2. The van der Waals surface area contributed by atoms with Gasteiger partial charge in [-0.25, -0.2) is 4.99 Å². The Bertz CT molecular complexity index is 908. The lowest BCUT2D eigenvalue weighted by molar-refractivity contribution is -0.117. The monoisotopic (exact) mass is 364 g/mol. The Hall–Kier alpha value is -2.40. The summed E-state index contributed by atoms with van der Waals surface area (Å²) < 4.78 is 0. The van der Waals surface area contributed by atoms with Crippen molar-refractivity contribution >= 4 is 29.3 Å². The van der Waals surface area contributed by atoms with Crippen molar-refractivity contribution in [1.82, 2.24) is 5.32 Å². The van der Waals surface area contributed by atoms with E-state index in [1.54, 1.807) is 11.8 Å². The van der Waals surface area contributed by atoms with E-state index in [9.17, 15) is 9.59 Å². The van der Waals surface area contributed by atoms with Gasteiger partial charge >= 0.3 is 0 Å². The van der Waals surface area contributed by atoms with Gasteiger partial charge in [-0.3, -0.25) is 9.59 Å². The summed E-state index contributed by atoms with van der Waals surface area (Å²) in [6.45, 7) is 2.06. The molecule has 132 valence electrons. The number of aliphatic imine (C=N–C) groups is 1. The number of hydrogen-bond acceptors (Lipinski definition) is 3. The molecule has 1 unspecified atom stereocenters. The van der Waals surface area contributed by atoms with Gasteiger partial charge in [0, 0.05) is 22.1 Å². The third-order valence-electron chi connectivity index (χ3n) is 4.91. The van der Waals surface area contributed by atoms with Crippen molar-refractivity contribution in [1.29, 1.82) is 0 Å². The summed E-state index contributed by atoms with van der Waals surface area (Å²) in [5, 5.41) is 2.98. The minimum absolute atomic E-state index is 0.00525. The molecule has 1 aromatic carbocycles. The number of allylic oxidation sites excluding steroid dienone is 3. The molecule has 4 nitrogen and oxygen atoms in total. The molecule has 26 heavy (non-hydrogen) atoms. The van der Waals surface area contributed by atoms with Crippen LogP contribution in [0.3, 0.4) is 0 Å². The van der Waals surface area contributed by atoms with Gasteiger partial charge < -0.3 is 5.32 Å². The van der Waals surface area contributed by atoms with Crippen LogP contribution in [0.1, 0.15) is 36.5 Å². The Balaban J connectivity index is 1.62. The Morgan fingerprint density at radius 1 is 1.31 bits per heavy atom. The largest absolute Gasteiger partial charge is 0.325 e. The Kier molecular flexibility index (Phi) is 4.64. The van der Waals surface area contributed by atoms with E-state index in [1.165, 1.54) is 5.57 Å². The van der Waals surface area contributed by atoms with Crippen LogP contribution in [0.4, 0.5) is 0 Å². The molecule has 1 N–H and O–H groups in total. The smallest absolute Gasteiger partial charge is 0.278 e. The summed E-state index contributed by atoms with van der Waals surface area (Å²) in [7, 11) is 0. The molecule has 1 aliphatic heterocycles. The third-order valence-corrected chi connectivity index (χ3v) is 5.87. The lowest BCUT2D eigenvalue weighted by Gasteiger charge is -2.28. The number of carbonyl (C=O) groups excluding carboxylic acids is 2. The number of rotatable bonds is 3. The molecule has 2 amide bonds. The highest BCUT2D eigenvalue weighted by Crippen LogP contribution is 2.39. The van der Waals surface area contributed by atoms with Gasteiger partial charge in [0.25, 0.3) is 11.8 Å². The zero-order chi connectivity index (χ0) is 18.1. The quantitative estimate of drug-likeness (QED) is 0.823. The zero-order valence-corrected chi connectivity index (χ0v) is 15.4. The molecule has 4 rings (SSSR count). The topological polar surface area (TPSA) is 58.5 Å². The number of nitrogens with zero attached hydrogens (tertiary/aromatic N) is 1. The van der Waals surface area contributed by atoms with Gasteiger partial charge in [0.15, 0.2) is 0 Å². The summed E-state index contributed by atoms with van der Waals surface area (Å²) in [6, 6.07) is 7.54. The van der Waals surface area contributed by atoms with Crippen molar-refractivity contribution in [3.63, 3.8) is 0 Å². The van der Waals surface area contributed by atoms with E-state index in [1.807, 2.05) is 42.5 Å². The first-order valence-electron chi connectivity index (χ1n) is 8.95. The zero-order valence-electron chi connectivity index (χ0n) is 14.6. The fraction of sp³-hybridized carbons (Fsp3) is 0.286. The van der Waals surface area contributed by atoms with Gasteiger partial charge in [0.05, 0.1) is 11.3 Å². The minimum Gasteiger partial charge on any atom is -0.325 e. The van der Waals surface area contributed by atoms with Gasteiger partial charge in [0.2, 0.25) is 0 Å². The van der Waals surface area contributed by atoms with Crippen molar-refractivity contribution in [2.24, 2.45) is 10.9 Å². The van der Waals surface area contributed by atoms with Crippen molar-refractivity contribution in [3.8, 4) is 0 Å². The Morgan fingerprint density at radius 2 is 2.15 bits per heavy atom. The van der Waals surface area contributed by atoms with E-state index in [0.29, 0.717) is 11.3 Å². The van der Waals surface area contributed by atoms with Crippen molar-refractivity contribution < 1.29 is 9.59 Å². The van der Waals surface area contributed by atoms with Gasteiger partial charge in [0.1, 0.15) is 0 Å². The van der Waals surface area contributed by atoms with Crippen LogP contribution in [0.15, 0.2) is 69.2 Å². The average molecular weight is 364 g/mol. The standard InChI is InChI=1S/C21H20N2O2S/c1-2-26-19-9-4-3-6-17(19)21(25)22-13-10-11-15-14-7-5-8-16(14)20(24)23-18(15)12-13/h3-4,6,9-12,15H,2,5,7-8H2,1H3,(H,23,24). The van der Waals surface area contributed by atoms with Crippen LogP contribution in [0, 0.1) is 5.92 Å². The maximum atomic E-state index is 12.7. The van der Waals surface area contributed by atoms with E-state index < -0.39 is 0 Å². The van der Waals surface area contributed by atoms with E-state index in [0.717, 1.165) is 41.2 Å². The molecular weight excluding hydrogens is 344 g/mol. The van der Waals surface area contributed by atoms with Crippen LogP contribution in [0.2, 0.25) is 0 Å². The molecule has 0 saturated heterocycles. The number of amides is 2. The summed E-state index contributed by atoms with van der Waals surface area (Å²) in [5.74, 6) is 0.781. The maximum Gasteiger partial charge on any atom is 0.278 e. The van der Waals surface area contributed by atoms with Crippen molar-refractivity contribution in [3.05, 3.63) is 64.9 Å². The number of thioether (sulfide) groups is 1. The average Bonchev–Trinajstić information content (AvgIpc) is 3.13. The predicted molar refractivity (Wildman–Crippen MR) is 104 cm³/mol. The fourth-order valence-electron chi connectivity index (χ4n) is 3.76. The lowest BCUT2D eigenvalue weighted by Crippen LogP contribution is -2.35. The van der Waals surface area contributed by atoms with Gasteiger partial charge in [-0.15, -0.1) is 11.8 Å². The van der Waals surface area contributed by atoms with Crippen molar-refractivity contribution in [2.45, 2.75) is 31.1 Å². The highest BCUT2D eigenvalue weighted by Gasteiger charge is 2.34. The molecule has 0 aromatic heterocycles. The molecule has 0 saturated carbocycles. The van der Waals surface area contributed by atoms with E-state index in [4.69, 9.17) is 0 Å². The lowest BCUT2D eigenvalue weighted by atomic mass is 9.85. The summed E-state index contributed by atoms with van der Waals surface area (Å²) in [6.07, 6.45) is 8.65. The van der Waals surface area contributed by atoms with Crippen LogP contribution >= 0.6 is 11.8 Å². The first-order valence-corrected chi connectivity index (χ1v) is 9.94. The van der Waals surface area contributed by atoms with Crippen LogP contribution in [0.5, 0.6) is 0 Å². The van der Waals surface area contributed by atoms with Crippen LogP contribution < -0.4 is 5.32 Å². The fourth-order valence-corrected chi connectivity index (χ4v) is 4.56. The number of carbonyl (C=O) groups is 2. The Labute approximate surface area is 157 Å². The van der Waals surface area contributed by atoms with Crippen LogP contribution in [0.25, 0.3) is 0 Å². The normalized spacial score (nSPS) is 22.8. The van der Waals surface area contributed by atoms with Gasteiger partial charge in [-0.2, -0.15) is 0 Å². The molecule has 1 aromatic rings. The Morgan fingerprint density at radius 3 is 3.00 bits per heavy atom. The number of hydrogen-bond donors (Lipinski definition) is 1. The van der Waals surface area contributed by atoms with Crippen LogP contribution in [-0.4, -0.2) is 23.3 Å². The molecular formula is C21H20N2O2S. The molecule has 1 atom stereocenters. The second-order valence-corrected chi connectivity index (χ2v) is 7.82. The molecule has 5 heteroatoms. The number of fused-ring (bicyclic) bond motifs is 2. The van der Waals surface area contributed by atoms with Gasteiger partial charge in [-0.1, -0.05) is 25.1 Å². The summed E-state index contributed by atoms with van der Waals surface area (Å²) >= 11 is 1.63. The van der Waals surface area contributed by atoms with Crippen molar-refractivity contribution in [2.75, 3.05) is 5.75 Å². The SMILES string of the molecule is CCSc1ccccc1C(=O)N=C1C=CC2C(=C1)NC(=O)C1=C2CCC1. The first-order chi connectivity index (χ1) is 12.7. The number of benzene rings is 1. The molecule has 0 bridgehead atoms. The molecule has 0 radical (unpaired) electrons. The predicted octanol–water partition coefficient (Wildman–Crippen LogP) is 4.06.